The molecule has 0 bridgehead atoms. The number of sulfone groups is 1. The second-order valence-corrected chi connectivity index (χ2v) is 6.49. The van der Waals surface area contributed by atoms with Crippen molar-refractivity contribution < 1.29 is 13.2 Å². The van der Waals surface area contributed by atoms with Gasteiger partial charge in [-0.05, 0) is 12.8 Å². The molecule has 0 spiro atoms. The molecule has 0 aromatic heterocycles. The number of nitrogens with one attached hydrogen (secondary N) is 1. The molecule has 0 aliphatic rings. The van der Waals surface area contributed by atoms with Crippen LogP contribution in [0.3, 0.4) is 0 Å². The monoisotopic (exact) mass is 237 g/mol. The first-order valence-corrected chi connectivity index (χ1v) is 7.38. The first kappa shape index (κ1) is 14.9. The average molecular weight is 237 g/mol. The number of hydrogen-bond acceptors (Lipinski definition) is 4. The highest BCUT2D eigenvalue weighted by Gasteiger charge is 2.05. The fourth-order valence-corrected chi connectivity index (χ4v) is 1.33. The Hall–Kier alpha value is -0.130. The van der Waals surface area contributed by atoms with Crippen molar-refractivity contribution in [1.82, 2.24) is 5.32 Å². The van der Waals surface area contributed by atoms with Crippen LogP contribution in [0.25, 0.3) is 0 Å². The molecule has 0 rings (SSSR count). The van der Waals surface area contributed by atoms with Gasteiger partial charge in [0.05, 0.1) is 19.0 Å². The van der Waals surface area contributed by atoms with E-state index in [0.717, 1.165) is 6.54 Å². The smallest absolute Gasteiger partial charge is 0.149 e. The Bertz CT molecular complexity index is 249. The van der Waals surface area contributed by atoms with E-state index in [2.05, 4.69) is 26.1 Å². The van der Waals surface area contributed by atoms with Crippen molar-refractivity contribution in [3.8, 4) is 0 Å². The summed E-state index contributed by atoms with van der Waals surface area (Å²) in [5, 5.41) is 3.31. The normalized spacial score (nSPS) is 14.5. The summed E-state index contributed by atoms with van der Waals surface area (Å²) in [5.74, 6) is 0.702. The van der Waals surface area contributed by atoms with Crippen molar-refractivity contribution in [2.24, 2.45) is 5.92 Å². The standard InChI is InChI=1S/C10H23NO3S/c1-9(2)10(3)11-5-6-14-7-8-15(4,12)13/h9-11H,5-8H2,1-4H3. The summed E-state index contributed by atoms with van der Waals surface area (Å²) in [6, 6.07) is 0.462. The minimum absolute atomic E-state index is 0.104. The highest BCUT2D eigenvalue weighted by atomic mass is 32.2. The van der Waals surface area contributed by atoms with Crippen LogP contribution in [0.5, 0.6) is 0 Å². The maximum absolute atomic E-state index is 10.8. The van der Waals surface area contributed by atoms with Gasteiger partial charge in [0, 0.05) is 18.8 Å². The van der Waals surface area contributed by atoms with Crippen molar-refractivity contribution >= 4 is 9.84 Å². The maximum atomic E-state index is 10.8. The van der Waals surface area contributed by atoms with Crippen LogP contribution in [-0.4, -0.2) is 46.2 Å². The molecule has 1 atom stereocenters. The molecule has 0 saturated carbocycles. The first-order chi connectivity index (χ1) is 6.83. The van der Waals surface area contributed by atoms with Crippen molar-refractivity contribution in [1.29, 1.82) is 0 Å². The number of hydrogen-bond donors (Lipinski definition) is 1. The van der Waals surface area contributed by atoms with Crippen LogP contribution in [-0.2, 0) is 14.6 Å². The first-order valence-electron chi connectivity index (χ1n) is 5.32. The fraction of sp³-hybridized carbons (Fsp3) is 1.00. The molecule has 0 fully saturated rings. The molecule has 0 radical (unpaired) electrons. The molecular formula is C10H23NO3S. The second-order valence-electron chi connectivity index (χ2n) is 4.23. The Kier molecular flexibility index (Phi) is 7.13. The van der Waals surface area contributed by atoms with Gasteiger partial charge in [-0.1, -0.05) is 13.8 Å². The lowest BCUT2D eigenvalue weighted by Crippen LogP contribution is -2.33. The van der Waals surface area contributed by atoms with Crippen molar-refractivity contribution in [2.45, 2.75) is 26.8 Å². The van der Waals surface area contributed by atoms with Gasteiger partial charge in [-0.15, -0.1) is 0 Å². The molecule has 0 aliphatic carbocycles. The highest BCUT2D eigenvalue weighted by molar-refractivity contribution is 7.90. The average Bonchev–Trinajstić information content (AvgIpc) is 2.08. The maximum Gasteiger partial charge on any atom is 0.149 e. The second kappa shape index (κ2) is 7.19. The number of ether oxygens (including phenoxy) is 1. The Balaban J connectivity index is 3.33. The van der Waals surface area contributed by atoms with Gasteiger partial charge in [-0.25, -0.2) is 8.42 Å². The van der Waals surface area contributed by atoms with Crippen LogP contribution in [0.2, 0.25) is 0 Å². The highest BCUT2D eigenvalue weighted by Crippen LogP contribution is 1.98. The van der Waals surface area contributed by atoms with Crippen LogP contribution in [0.1, 0.15) is 20.8 Å². The lowest BCUT2D eigenvalue weighted by Gasteiger charge is -2.17. The Morgan fingerprint density at radius 3 is 2.27 bits per heavy atom. The van der Waals surface area contributed by atoms with E-state index in [4.69, 9.17) is 4.74 Å². The predicted octanol–water partition coefficient (Wildman–Crippen LogP) is 0.682. The summed E-state index contributed by atoms with van der Waals surface area (Å²) in [6.45, 7) is 8.05. The van der Waals surface area contributed by atoms with E-state index in [1.54, 1.807) is 0 Å². The minimum atomic E-state index is -2.89. The molecule has 0 aliphatic heterocycles. The van der Waals surface area contributed by atoms with Gasteiger partial charge in [0.2, 0.25) is 0 Å². The molecule has 0 aromatic rings. The van der Waals surface area contributed by atoms with Crippen molar-refractivity contribution in [3.63, 3.8) is 0 Å². The number of rotatable bonds is 8. The minimum Gasteiger partial charge on any atom is -0.379 e. The van der Waals surface area contributed by atoms with E-state index in [0.29, 0.717) is 18.6 Å². The molecule has 4 nitrogen and oxygen atoms in total. The van der Waals surface area contributed by atoms with E-state index in [9.17, 15) is 8.42 Å². The summed E-state index contributed by atoms with van der Waals surface area (Å²) in [6.07, 6.45) is 1.22. The largest absolute Gasteiger partial charge is 0.379 e. The van der Waals surface area contributed by atoms with Gasteiger partial charge in [0.1, 0.15) is 9.84 Å². The third-order valence-corrected chi connectivity index (χ3v) is 3.22. The molecule has 0 heterocycles. The fourth-order valence-electron chi connectivity index (χ4n) is 0.907. The van der Waals surface area contributed by atoms with Crippen LogP contribution >= 0.6 is 0 Å². The zero-order valence-corrected chi connectivity index (χ0v) is 10.9. The molecular weight excluding hydrogens is 214 g/mol. The Morgan fingerprint density at radius 1 is 1.20 bits per heavy atom. The van der Waals surface area contributed by atoms with Gasteiger partial charge in [0.15, 0.2) is 0 Å². The molecule has 1 unspecified atom stereocenters. The van der Waals surface area contributed by atoms with Crippen LogP contribution in [0.4, 0.5) is 0 Å². The van der Waals surface area contributed by atoms with Crippen LogP contribution in [0, 0.1) is 5.92 Å². The van der Waals surface area contributed by atoms with E-state index >= 15 is 0 Å². The van der Waals surface area contributed by atoms with E-state index < -0.39 is 9.84 Å². The molecule has 0 saturated heterocycles. The molecule has 0 aromatic carbocycles. The third kappa shape index (κ3) is 10.2. The molecule has 92 valence electrons. The summed E-state index contributed by atoms with van der Waals surface area (Å²) in [7, 11) is -2.89. The molecule has 5 heteroatoms. The third-order valence-electron chi connectivity index (χ3n) is 2.31. The lowest BCUT2D eigenvalue weighted by molar-refractivity contribution is 0.147. The van der Waals surface area contributed by atoms with Gasteiger partial charge in [-0.3, -0.25) is 0 Å². The summed E-state index contributed by atoms with van der Waals surface area (Å²) < 4.78 is 26.7. The summed E-state index contributed by atoms with van der Waals surface area (Å²) in [4.78, 5) is 0. The predicted molar refractivity (Wildman–Crippen MR) is 62.8 cm³/mol. The molecule has 15 heavy (non-hydrogen) atoms. The quantitative estimate of drug-likeness (QED) is 0.631. The molecule has 1 N–H and O–H groups in total. The van der Waals surface area contributed by atoms with E-state index in [1.165, 1.54) is 6.26 Å². The van der Waals surface area contributed by atoms with Crippen LogP contribution < -0.4 is 5.32 Å². The lowest BCUT2D eigenvalue weighted by atomic mass is 10.1. The Morgan fingerprint density at radius 2 is 1.80 bits per heavy atom. The van der Waals surface area contributed by atoms with Gasteiger partial charge < -0.3 is 10.1 Å². The van der Waals surface area contributed by atoms with Crippen molar-refractivity contribution in [3.05, 3.63) is 0 Å². The zero-order chi connectivity index (χ0) is 11.9. The van der Waals surface area contributed by atoms with Gasteiger partial charge in [0.25, 0.3) is 0 Å². The Labute approximate surface area is 93.3 Å². The summed E-state index contributed by atoms with van der Waals surface area (Å²) >= 11 is 0. The topological polar surface area (TPSA) is 55.4 Å². The van der Waals surface area contributed by atoms with E-state index in [-0.39, 0.29) is 12.4 Å². The van der Waals surface area contributed by atoms with Gasteiger partial charge >= 0.3 is 0 Å². The van der Waals surface area contributed by atoms with Crippen molar-refractivity contribution in [2.75, 3.05) is 31.8 Å². The summed E-state index contributed by atoms with van der Waals surface area (Å²) in [5.41, 5.74) is 0. The molecule has 0 amide bonds. The SMILES string of the molecule is CC(C)C(C)NCCOCCS(C)(=O)=O. The van der Waals surface area contributed by atoms with Crippen LogP contribution in [0.15, 0.2) is 0 Å². The van der Waals surface area contributed by atoms with Gasteiger partial charge in [-0.2, -0.15) is 0 Å². The van der Waals surface area contributed by atoms with E-state index in [1.807, 2.05) is 0 Å². The zero-order valence-electron chi connectivity index (χ0n) is 10.1.